The summed E-state index contributed by atoms with van der Waals surface area (Å²) in [6, 6.07) is 15.5. The summed E-state index contributed by atoms with van der Waals surface area (Å²) in [6.45, 7) is 4.13. The van der Waals surface area contributed by atoms with Gasteiger partial charge in [0.2, 0.25) is 6.29 Å². The number of fused-ring (bicyclic) bond motifs is 1. The summed E-state index contributed by atoms with van der Waals surface area (Å²) in [5.41, 5.74) is 9.37. The molecular formula is C24H23N6O2+. The van der Waals surface area contributed by atoms with Crippen molar-refractivity contribution in [3.8, 4) is 5.69 Å². The van der Waals surface area contributed by atoms with Gasteiger partial charge in [0.15, 0.2) is 0 Å². The first-order valence-electron chi connectivity index (χ1n) is 10.0. The first-order valence-corrected chi connectivity index (χ1v) is 10.0. The molecule has 0 aliphatic heterocycles. The lowest BCUT2D eigenvalue weighted by molar-refractivity contribution is -0.127. The Morgan fingerprint density at radius 1 is 1.12 bits per heavy atom. The van der Waals surface area contributed by atoms with E-state index in [9.17, 15) is 9.59 Å². The molecule has 4 rings (SSSR count). The lowest BCUT2D eigenvalue weighted by Crippen LogP contribution is -2.42. The lowest BCUT2D eigenvalue weighted by Gasteiger charge is -2.18. The van der Waals surface area contributed by atoms with E-state index in [1.165, 1.54) is 6.33 Å². The van der Waals surface area contributed by atoms with Crippen molar-refractivity contribution in [1.29, 1.82) is 0 Å². The topological polar surface area (TPSA) is 128 Å². The maximum Gasteiger partial charge on any atom is 0.263 e. The molecule has 0 bridgehead atoms. The number of aromatic nitrogens is 3. The van der Waals surface area contributed by atoms with Crippen LogP contribution in [0.25, 0.3) is 16.5 Å². The van der Waals surface area contributed by atoms with Crippen molar-refractivity contribution in [2.24, 2.45) is 0 Å². The van der Waals surface area contributed by atoms with E-state index in [1.54, 1.807) is 4.57 Å². The zero-order valence-electron chi connectivity index (χ0n) is 17.8. The van der Waals surface area contributed by atoms with E-state index in [-0.39, 0.29) is 29.2 Å². The lowest BCUT2D eigenvalue weighted by atomic mass is 10.1. The normalized spacial score (nSPS) is 10.8. The molecule has 0 atom stereocenters. The van der Waals surface area contributed by atoms with Gasteiger partial charge in [-0.25, -0.2) is 9.97 Å². The van der Waals surface area contributed by atoms with Crippen LogP contribution in [0.15, 0.2) is 59.7 Å². The molecule has 0 aliphatic rings. The summed E-state index contributed by atoms with van der Waals surface area (Å²) in [7, 11) is 0. The van der Waals surface area contributed by atoms with Gasteiger partial charge >= 0.3 is 0 Å². The van der Waals surface area contributed by atoms with Gasteiger partial charge in [-0.1, -0.05) is 36.4 Å². The van der Waals surface area contributed by atoms with Crippen LogP contribution in [0.3, 0.4) is 0 Å². The molecule has 160 valence electrons. The van der Waals surface area contributed by atoms with E-state index < -0.39 is 0 Å². The van der Waals surface area contributed by atoms with Gasteiger partial charge in [0, 0.05) is 5.69 Å². The highest BCUT2D eigenvalue weighted by Gasteiger charge is 2.19. The van der Waals surface area contributed by atoms with Crippen molar-refractivity contribution in [3.05, 3.63) is 87.6 Å². The number of carbonyl (C=O) groups excluding carboxylic acids is 1. The molecule has 32 heavy (non-hydrogen) atoms. The van der Waals surface area contributed by atoms with Gasteiger partial charge in [-0.15, -0.1) is 0 Å². The van der Waals surface area contributed by atoms with E-state index in [1.807, 2.05) is 62.4 Å². The SMILES string of the molecule is Cc1ccccc1-n1c(CNc2ncnc(N)c2C(=[NH2+])C=O)cc2cccc(C)c2c1=O. The van der Waals surface area contributed by atoms with Crippen molar-refractivity contribution in [1.82, 2.24) is 14.5 Å². The van der Waals surface area contributed by atoms with E-state index in [4.69, 9.17) is 11.1 Å². The van der Waals surface area contributed by atoms with Crippen molar-refractivity contribution in [2.75, 3.05) is 11.1 Å². The largest absolute Gasteiger partial charge is 0.383 e. The van der Waals surface area contributed by atoms with Crippen LogP contribution in [0.4, 0.5) is 11.6 Å². The molecular weight excluding hydrogens is 404 g/mol. The minimum Gasteiger partial charge on any atom is -0.383 e. The quantitative estimate of drug-likeness (QED) is 0.315. The number of nitrogens with two attached hydrogens (primary N) is 2. The third-order valence-electron chi connectivity index (χ3n) is 5.42. The average Bonchev–Trinajstić information content (AvgIpc) is 2.78. The van der Waals surface area contributed by atoms with E-state index in [0.717, 1.165) is 27.9 Å². The number of anilines is 2. The Labute approximate surface area is 184 Å². The van der Waals surface area contributed by atoms with Crippen LogP contribution in [-0.2, 0) is 11.3 Å². The molecule has 2 aromatic heterocycles. The summed E-state index contributed by atoms with van der Waals surface area (Å²) < 4.78 is 1.70. The maximum atomic E-state index is 13.6. The number of pyridine rings is 1. The van der Waals surface area contributed by atoms with Crippen molar-refractivity contribution < 1.29 is 10.2 Å². The van der Waals surface area contributed by atoms with Crippen LogP contribution >= 0.6 is 0 Å². The van der Waals surface area contributed by atoms with Gasteiger partial charge in [-0.3, -0.25) is 19.6 Å². The Kier molecular flexibility index (Phi) is 5.51. The first-order chi connectivity index (χ1) is 15.4. The number of nitrogens with zero attached hydrogens (tertiary/aromatic N) is 3. The second kappa shape index (κ2) is 8.43. The average molecular weight is 427 g/mol. The number of benzene rings is 2. The molecule has 0 spiro atoms. The summed E-state index contributed by atoms with van der Waals surface area (Å²) in [5.74, 6) is 0.410. The van der Waals surface area contributed by atoms with Crippen molar-refractivity contribution in [3.63, 3.8) is 0 Å². The van der Waals surface area contributed by atoms with Gasteiger partial charge in [0.1, 0.15) is 23.5 Å². The molecule has 2 heterocycles. The van der Waals surface area contributed by atoms with Crippen LogP contribution in [-0.4, -0.2) is 26.5 Å². The monoisotopic (exact) mass is 427 g/mol. The number of para-hydroxylation sites is 1. The minimum atomic E-state index is -0.104. The molecule has 8 heteroatoms. The Morgan fingerprint density at radius 2 is 1.88 bits per heavy atom. The van der Waals surface area contributed by atoms with Gasteiger partial charge in [0.25, 0.3) is 11.3 Å². The standard InChI is InChI=1S/C24H22N6O2/c1-14-6-3-4-9-19(14)30-17(10-16-8-5-7-15(2)20(16)24(30)32)11-27-23-21(18(25)12-31)22(26)28-13-29-23/h3-10,12-13,25H,11H2,1-2H3,(H3,26,27,28,29)/p+1. The highest BCUT2D eigenvalue weighted by Crippen LogP contribution is 2.22. The molecule has 0 unspecified atom stereocenters. The smallest absolute Gasteiger partial charge is 0.263 e. The predicted molar refractivity (Wildman–Crippen MR) is 125 cm³/mol. The second-order valence-corrected chi connectivity index (χ2v) is 7.51. The molecule has 0 saturated carbocycles. The van der Waals surface area contributed by atoms with Crippen LogP contribution in [0.2, 0.25) is 0 Å². The number of rotatable bonds is 6. The molecule has 0 radical (unpaired) electrons. The van der Waals surface area contributed by atoms with Gasteiger partial charge in [0.05, 0.1) is 17.6 Å². The molecule has 5 N–H and O–H groups in total. The number of hydrogen-bond donors (Lipinski definition) is 3. The number of carbonyl (C=O) groups is 1. The minimum absolute atomic E-state index is 0.0731. The third-order valence-corrected chi connectivity index (χ3v) is 5.42. The highest BCUT2D eigenvalue weighted by atomic mass is 16.1. The summed E-state index contributed by atoms with van der Waals surface area (Å²) in [6.07, 6.45) is 1.79. The summed E-state index contributed by atoms with van der Waals surface area (Å²) in [5, 5.41) is 10.5. The number of nitrogen functional groups attached to an aromatic ring is 1. The number of aryl methyl sites for hydroxylation is 2. The highest BCUT2D eigenvalue weighted by molar-refractivity contribution is 6.35. The van der Waals surface area contributed by atoms with Crippen molar-refractivity contribution in [2.45, 2.75) is 20.4 Å². The fourth-order valence-electron chi connectivity index (χ4n) is 3.85. The molecule has 0 aliphatic carbocycles. The van der Waals surface area contributed by atoms with Gasteiger partial charge in [-0.05, 0) is 42.5 Å². The number of hydrogen-bond acceptors (Lipinski definition) is 6. The molecule has 0 saturated heterocycles. The third kappa shape index (κ3) is 3.62. The predicted octanol–water partition coefficient (Wildman–Crippen LogP) is 1.34. The first kappa shape index (κ1) is 20.9. The summed E-state index contributed by atoms with van der Waals surface area (Å²) in [4.78, 5) is 33.0. The van der Waals surface area contributed by atoms with Crippen molar-refractivity contribution >= 4 is 34.4 Å². The van der Waals surface area contributed by atoms with E-state index >= 15 is 0 Å². The fourth-order valence-corrected chi connectivity index (χ4v) is 3.85. The molecule has 0 fully saturated rings. The van der Waals surface area contributed by atoms with Crippen LogP contribution < -0.4 is 22.0 Å². The molecule has 4 aromatic rings. The Hall–Kier alpha value is -4.33. The molecule has 0 amide bonds. The zero-order valence-corrected chi connectivity index (χ0v) is 17.8. The second-order valence-electron chi connectivity index (χ2n) is 7.51. The maximum absolute atomic E-state index is 13.6. The molecule has 8 nitrogen and oxygen atoms in total. The van der Waals surface area contributed by atoms with E-state index in [0.29, 0.717) is 17.5 Å². The van der Waals surface area contributed by atoms with Crippen LogP contribution in [0, 0.1) is 13.8 Å². The van der Waals surface area contributed by atoms with Crippen LogP contribution in [0.5, 0.6) is 0 Å². The Bertz CT molecular complexity index is 1420. The molecule has 2 aromatic carbocycles. The number of aldehydes is 1. The summed E-state index contributed by atoms with van der Waals surface area (Å²) >= 11 is 0. The van der Waals surface area contributed by atoms with Gasteiger partial charge in [-0.2, -0.15) is 0 Å². The Morgan fingerprint density at radius 3 is 2.62 bits per heavy atom. The number of nitrogens with one attached hydrogen (secondary N) is 1. The fraction of sp³-hybridized carbons (Fsp3) is 0.125. The van der Waals surface area contributed by atoms with Gasteiger partial charge < -0.3 is 11.1 Å². The van der Waals surface area contributed by atoms with E-state index in [2.05, 4.69) is 15.3 Å². The van der Waals surface area contributed by atoms with Crippen LogP contribution in [0.1, 0.15) is 22.4 Å². The zero-order chi connectivity index (χ0) is 22.8. The Balaban J connectivity index is 1.89.